The van der Waals surface area contributed by atoms with E-state index in [0.29, 0.717) is 12.1 Å². The zero-order chi connectivity index (χ0) is 14.8. The number of aryl methyl sites for hydroxylation is 1. The molecular formula is C18H28N2O. The summed E-state index contributed by atoms with van der Waals surface area (Å²) < 4.78 is 0. The number of hydrogen-bond donors (Lipinski definition) is 2. The van der Waals surface area contributed by atoms with Crippen molar-refractivity contribution in [1.82, 2.24) is 5.32 Å². The van der Waals surface area contributed by atoms with Crippen LogP contribution in [-0.4, -0.2) is 29.8 Å². The van der Waals surface area contributed by atoms with Crippen LogP contribution in [0.4, 0.5) is 5.69 Å². The second-order valence-electron chi connectivity index (χ2n) is 6.72. The summed E-state index contributed by atoms with van der Waals surface area (Å²) in [6, 6.07) is 7.96. The van der Waals surface area contributed by atoms with E-state index in [0.717, 1.165) is 25.9 Å². The van der Waals surface area contributed by atoms with Gasteiger partial charge in [-0.3, -0.25) is 0 Å². The van der Waals surface area contributed by atoms with E-state index in [4.69, 9.17) is 0 Å². The number of piperidine rings is 1. The van der Waals surface area contributed by atoms with Crippen LogP contribution in [-0.2, 0) is 6.54 Å². The fourth-order valence-corrected chi connectivity index (χ4v) is 4.07. The molecule has 1 aromatic carbocycles. The largest absolute Gasteiger partial charge is 0.393 e. The summed E-state index contributed by atoms with van der Waals surface area (Å²) in [5.74, 6) is 0. The second-order valence-corrected chi connectivity index (χ2v) is 6.72. The lowest BCUT2D eigenvalue weighted by atomic mass is 9.97. The Morgan fingerprint density at radius 2 is 1.95 bits per heavy atom. The Kier molecular flexibility index (Phi) is 4.51. The molecular weight excluding hydrogens is 260 g/mol. The predicted octanol–water partition coefficient (Wildman–Crippen LogP) is 2.99. The van der Waals surface area contributed by atoms with Gasteiger partial charge in [0.2, 0.25) is 0 Å². The molecule has 3 rings (SSSR count). The van der Waals surface area contributed by atoms with Crippen molar-refractivity contribution in [3.8, 4) is 0 Å². The smallest absolute Gasteiger partial charge is 0.0579 e. The maximum Gasteiger partial charge on any atom is 0.0579 e. The molecule has 0 saturated carbocycles. The van der Waals surface area contributed by atoms with Crippen molar-refractivity contribution in [2.45, 2.75) is 70.7 Å². The Labute approximate surface area is 128 Å². The van der Waals surface area contributed by atoms with Crippen LogP contribution in [0.2, 0.25) is 0 Å². The number of fused-ring (bicyclic) bond motifs is 2. The molecule has 0 amide bonds. The highest BCUT2D eigenvalue weighted by atomic mass is 16.3. The Morgan fingerprint density at radius 3 is 2.57 bits per heavy atom. The lowest BCUT2D eigenvalue weighted by molar-refractivity contribution is 0.126. The number of nitrogens with zero attached hydrogens (tertiary/aromatic N) is 1. The summed E-state index contributed by atoms with van der Waals surface area (Å²) in [7, 11) is 0. The molecule has 0 aromatic heterocycles. The third-order valence-electron chi connectivity index (χ3n) is 5.00. The van der Waals surface area contributed by atoms with E-state index < -0.39 is 0 Å². The van der Waals surface area contributed by atoms with Crippen LogP contribution in [0, 0.1) is 6.92 Å². The molecule has 2 bridgehead atoms. The Hall–Kier alpha value is -1.06. The minimum Gasteiger partial charge on any atom is -0.393 e. The first-order chi connectivity index (χ1) is 10.2. The van der Waals surface area contributed by atoms with Crippen molar-refractivity contribution in [2.75, 3.05) is 11.4 Å². The van der Waals surface area contributed by atoms with Crippen molar-refractivity contribution in [1.29, 1.82) is 0 Å². The summed E-state index contributed by atoms with van der Waals surface area (Å²) in [5, 5.41) is 13.4. The zero-order valence-corrected chi connectivity index (χ0v) is 13.3. The van der Waals surface area contributed by atoms with Crippen molar-refractivity contribution >= 4 is 5.69 Å². The Morgan fingerprint density at radius 1 is 1.24 bits per heavy atom. The van der Waals surface area contributed by atoms with Gasteiger partial charge in [0.05, 0.1) is 6.10 Å². The molecule has 2 heterocycles. The average molecular weight is 288 g/mol. The minimum absolute atomic E-state index is 0.0865. The summed E-state index contributed by atoms with van der Waals surface area (Å²) >= 11 is 0. The number of anilines is 1. The van der Waals surface area contributed by atoms with Gasteiger partial charge in [0.25, 0.3) is 0 Å². The first-order valence-electron chi connectivity index (χ1n) is 8.45. The maximum absolute atomic E-state index is 9.95. The molecule has 3 heteroatoms. The summed E-state index contributed by atoms with van der Waals surface area (Å²) in [6.07, 6.45) is 5.45. The molecule has 2 N–H and O–H groups in total. The molecule has 2 aliphatic heterocycles. The second kappa shape index (κ2) is 6.37. The van der Waals surface area contributed by atoms with Crippen LogP contribution in [0.15, 0.2) is 18.2 Å². The third kappa shape index (κ3) is 3.09. The standard InChI is InChI=1S/C18H28N2O/c1-3-8-19-12-14-4-7-18(13(2)9-14)20-15-5-6-16(20)11-17(21)10-15/h4,7,9,15-17,19,21H,3,5-6,8,10-12H2,1-2H3. The van der Waals surface area contributed by atoms with Crippen molar-refractivity contribution in [3.05, 3.63) is 29.3 Å². The van der Waals surface area contributed by atoms with E-state index in [1.165, 1.54) is 36.1 Å². The zero-order valence-electron chi connectivity index (χ0n) is 13.3. The molecule has 2 fully saturated rings. The van der Waals surface area contributed by atoms with E-state index in [1.54, 1.807) is 0 Å². The molecule has 1 aromatic rings. The van der Waals surface area contributed by atoms with Crippen molar-refractivity contribution in [2.24, 2.45) is 0 Å². The third-order valence-corrected chi connectivity index (χ3v) is 5.00. The van der Waals surface area contributed by atoms with Gasteiger partial charge in [-0.25, -0.2) is 0 Å². The van der Waals surface area contributed by atoms with E-state index in [-0.39, 0.29) is 6.10 Å². The SMILES string of the molecule is CCCNCc1ccc(N2C3CCC2CC(O)C3)c(C)c1. The van der Waals surface area contributed by atoms with Crippen LogP contribution < -0.4 is 10.2 Å². The highest BCUT2D eigenvalue weighted by molar-refractivity contribution is 5.57. The Bertz CT molecular complexity index is 474. The van der Waals surface area contributed by atoms with Gasteiger partial charge in [-0.15, -0.1) is 0 Å². The quantitative estimate of drug-likeness (QED) is 0.818. The van der Waals surface area contributed by atoms with Gasteiger partial charge < -0.3 is 15.3 Å². The lowest BCUT2D eigenvalue weighted by Crippen LogP contribution is -2.45. The van der Waals surface area contributed by atoms with Gasteiger partial charge in [-0.05, 0) is 62.8 Å². The molecule has 2 aliphatic rings. The van der Waals surface area contributed by atoms with Gasteiger partial charge in [0.15, 0.2) is 0 Å². The van der Waals surface area contributed by atoms with E-state index >= 15 is 0 Å². The molecule has 116 valence electrons. The van der Waals surface area contributed by atoms with Crippen LogP contribution in [0.5, 0.6) is 0 Å². The number of aliphatic hydroxyl groups is 1. The molecule has 3 nitrogen and oxygen atoms in total. The van der Waals surface area contributed by atoms with Crippen LogP contribution in [0.1, 0.15) is 50.2 Å². The number of nitrogens with one attached hydrogen (secondary N) is 1. The van der Waals surface area contributed by atoms with Gasteiger partial charge in [-0.1, -0.05) is 19.1 Å². The van der Waals surface area contributed by atoms with E-state index in [2.05, 4.69) is 42.3 Å². The Balaban J connectivity index is 1.74. The molecule has 0 aliphatic carbocycles. The molecule has 2 atom stereocenters. The van der Waals surface area contributed by atoms with E-state index in [9.17, 15) is 5.11 Å². The highest BCUT2D eigenvalue weighted by Gasteiger charge is 2.40. The number of aliphatic hydroxyl groups excluding tert-OH is 1. The number of hydrogen-bond acceptors (Lipinski definition) is 3. The fourth-order valence-electron chi connectivity index (χ4n) is 4.07. The maximum atomic E-state index is 9.95. The molecule has 2 saturated heterocycles. The highest BCUT2D eigenvalue weighted by Crippen LogP contribution is 2.40. The minimum atomic E-state index is -0.0865. The number of benzene rings is 1. The van der Waals surface area contributed by atoms with E-state index in [1.807, 2.05) is 0 Å². The normalized spacial score (nSPS) is 28.1. The van der Waals surface area contributed by atoms with Gasteiger partial charge in [-0.2, -0.15) is 0 Å². The van der Waals surface area contributed by atoms with Gasteiger partial charge in [0, 0.05) is 24.3 Å². The van der Waals surface area contributed by atoms with Gasteiger partial charge >= 0.3 is 0 Å². The fraction of sp³-hybridized carbons (Fsp3) is 0.667. The molecule has 0 spiro atoms. The van der Waals surface area contributed by atoms with Crippen LogP contribution in [0.3, 0.4) is 0 Å². The lowest BCUT2D eigenvalue weighted by Gasteiger charge is -2.40. The van der Waals surface area contributed by atoms with Crippen LogP contribution >= 0.6 is 0 Å². The molecule has 0 radical (unpaired) electrons. The number of rotatable bonds is 5. The summed E-state index contributed by atoms with van der Waals surface area (Å²) in [4.78, 5) is 2.59. The van der Waals surface area contributed by atoms with Gasteiger partial charge in [0.1, 0.15) is 0 Å². The first kappa shape index (κ1) is 14.9. The van der Waals surface area contributed by atoms with Crippen molar-refractivity contribution < 1.29 is 5.11 Å². The van der Waals surface area contributed by atoms with Crippen LogP contribution in [0.25, 0.3) is 0 Å². The molecule has 2 unspecified atom stereocenters. The molecule has 21 heavy (non-hydrogen) atoms. The monoisotopic (exact) mass is 288 g/mol. The summed E-state index contributed by atoms with van der Waals surface area (Å²) in [5.41, 5.74) is 4.13. The summed E-state index contributed by atoms with van der Waals surface area (Å²) in [6.45, 7) is 6.46. The van der Waals surface area contributed by atoms with Crippen molar-refractivity contribution in [3.63, 3.8) is 0 Å². The topological polar surface area (TPSA) is 35.5 Å². The average Bonchev–Trinajstić information content (AvgIpc) is 2.71. The predicted molar refractivity (Wildman–Crippen MR) is 87.7 cm³/mol. The first-order valence-corrected chi connectivity index (χ1v) is 8.45.